The van der Waals surface area contributed by atoms with Gasteiger partial charge in [-0.1, -0.05) is 12.1 Å². The lowest BCUT2D eigenvalue weighted by atomic mass is 10.0. The highest BCUT2D eigenvalue weighted by Gasteiger charge is 2.40. The average Bonchev–Trinajstić information content (AvgIpc) is 3.01. The standard InChI is InChI=1S/C17H22N2O3S/c1-11-8-18(17(21)13-9-23-10-16(13)22-3)14-6-4-5-7-15(14)19(11)12(2)20/h4-7,11,13,16H,8-10H2,1-3H3/t11-,13?,16?/m0/s1. The molecule has 2 aliphatic rings. The number of benzene rings is 1. The molecular weight excluding hydrogens is 312 g/mol. The summed E-state index contributed by atoms with van der Waals surface area (Å²) in [6, 6.07) is 7.59. The van der Waals surface area contributed by atoms with Crippen LogP contribution in [0.4, 0.5) is 11.4 Å². The molecule has 0 aromatic heterocycles. The number of methoxy groups -OCH3 is 1. The Hall–Kier alpha value is -1.53. The van der Waals surface area contributed by atoms with Gasteiger partial charge in [0.1, 0.15) is 0 Å². The van der Waals surface area contributed by atoms with Crippen LogP contribution in [0.25, 0.3) is 0 Å². The number of anilines is 2. The second-order valence-corrected chi connectivity index (χ2v) is 7.17. The average molecular weight is 334 g/mol. The van der Waals surface area contributed by atoms with Crippen molar-refractivity contribution in [1.82, 2.24) is 0 Å². The second-order valence-electron chi connectivity index (χ2n) is 6.09. The van der Waals surface area contributed by atoms with E-state index in [1.54, 1.807) is 30.7 Å². The summed E-state index contributed by atoms with van der Waals surface area (Å²) in [4.78, 5) is 28.7. The largest absolute Gasteiger partial charge is 0.380 e. The number of carbonyl (C=O) groups is 2. The number of carbonyl (C=O) groups excluding carboxylic acids is 2. The number of thioether (sulfide) groups is 1. The van der Waals surface area contributed by atoms with Crippen LogP contribution < -0.4 is 9.80 Å². The minimum Gasteiger partial charge on any atom is -0.380 e. The minimum atomic E-state index is -0.117. The zero-order chi connectivity index (χ0) is 16.6. The molecule has 23 heavy (non-hydrogen) atoms. The Balaban J connectivity index is 1.95. The molecule has 1 fully saturated rings. The molecule has 6 heteroatoms. The summed E-state index contributed by atoms with van der Waals surface area (Å²) in [7, 11) is 1.67. The summed E-state index contributed by atoms with van der Waals surface area (Å²) in [5.41, 5.74) is 1.63. The highest BCUT2D eigenvalue weighted by Crippen LogP contribution is 2.38. The van der Waals surface area contributed by atoms with E-state index in [4.69, 9.17) is 4.74 Å². The molecule has 2 heterocycles. The lowest BCUT2D eigenvalue weighted by Gasteiger charge is -2.41. The SMILES string of the molecule is COC1CSCC1C(=O)N1C[C@H](C)N(C(C)=O)c2ccccc21. The van der Waals surface area contributed by atoms with Gasteiger partial charge in [-0.25, -0.2) is 0 Å². The van der Waals surface area contributed by atoms with Crippen LogP contribution >= 0.6 is 11.8 Å². The van der Waals surface area contributed by atoms with Gasteiger partial charge >= 0.3 is 0 Å². The summed E-state index contributed by atoms with van der Waals surface area (Å²) in [6.45, 7) is 4.07. The minimum absolute atomic E-state index is 0.00300. The van der Waals surface area contributed by atoms with Crippen molar-refractivity contribution in [2.24, 2.45) is 5.92 Å². The third-order valence-corrected chi connectivity index (χ3v) is 5.73. The predicted molar refractivity (Wildman–Crippen MR) is 93.0 cm³/mol. The Kier molecular flexibility index (Phi) is 4.64. The molecule has 1 saturated heterocycles. The fourth-order valence-electron chi connectivity index (χ4n) is 3.46. The van der Waals surface area contributed by atoms with Crippen LogP contribution in [-0.2, 0) is 14.3 Å². The van der Waals surface area contributed by atoms with Crippen LogP contribution in [0.5, 0.6) is 0 Å². The Morgan fingerprint density at radius 3 is 2.57 bits per heavy atom. The van der Waals surface area contributed by atoms with E-state index < -0.39 is 0 Å². The molecule has 2 unspecified atom stereocenters. The number of fused-ring (bicyclic) bond motifs is 1. The van der Waals surface area contributed by atoms with Crippen molar-refractivity contribution >= 4 is 35.0 Å². The molecule has 3 rings (SSSR count). The molecule has 0 N–H and O–H groups in total. The van der Waals surface area contributed by atoms with E-state index in [-0.39, 0.29) is 29.9 Å². The third-order valence-electron chi connectivity index (χ3n) is 4.57. The molecule has 2 amide bonds. The molecule has 3 atom stereocenters. The van der Waals surface area contributed by atoms with Crippen molar-refractivity contribution in [2.75, 3.05) is 35.0 Å². The quantitative estimate of drug-likeness (QED) is 0.832. The van der Waals surface area contributed by atoms with E-state index in [0.29, 0.717) is 6.54 Å². The molecule has 0 saturated carbocycles. The molecule has 124 valence electrons. The van der Waals surface area contributed by atoms with Gasteiger partial charge in [-0.2, -0.15) is 11.8 Å². The first kappa shape index (κ1) is 16.3. The first-order valence-corrected chi connectivity index (χ1v) is 9.00. The smallest absolute Gasteiger partial charge is 0.233 e. The van der Waals surface area contributed by atoms with Gasteiger partial charge in [0, 0.05) is 32.1 Å². The lowest BCUT2D eigenvalue weighted by molar-refractivity contribution is -0.125. The van der Waals surface area contributed by atoms with E-state index in [9.17, 15) is 9.59 Å². The van der Waals surface area contributed by atoms with Gasteiger partial charge in [-0.05, 0) is 19.1 Å². The predicted octanol–water partition coefficient (Wildman–Crippen LogP) is 2.15. The number of nitrogens with zero attached hydrogens (tertiary/aromatic N) is 2. The molecule has 1 aromatic carbocycles. The fraction of sp³-hybridized carbons (Fsp3) is 0.529. The molecule has 1 aromatic rings. The number of rotatable bonds is 2. The maximum atomic E-state index is 13.1. The number of ether oxygens (including phenoxy) is 1. The summed E-state index contributed by atoms with van der Waals surface area (Å²) in [6.07, 6.45) is -0.0270. The van der Waals surface area contributed by atoms with Crippen LogP contribution in [0.15, 0.2) is 24.3 Å². The van der Waals surface area contributed by atoms with E-state index in [0.717, 1.165) is 22.9 Å². The van der Waals surface area contributed by atoms with E-state index in [1.165, 1.54) is 0 Å². The zero-order valence-electron chi connectivity index (χ0n) is 13.7. The first-order valence-electron chi connectivity index (χ1n) is 7.85. The molecule has 5 nitrogen and oxygen atoms in total. The number of hydrogen-bond donors (Lipinski definition) is 0. The van der Waals surface area contributed by atoms with Gasteiger partial charge in [0.25, 0.3) is 0 Å². The van der Waals surface area contributed by atoms with Gasteiger partial charge in [-0.15, -0.1) is 0 Å². The number of amides is 2. The van der Waals surface area contributed by atoms with Crippen molar-refractivity contribution in [1.29, 1.82) is 0 Å². The van der Waals surface area contributed by atoms with Gasteiger partial charge in [0.2, 0.25) is 11.8 Å². The third kappa shape index (κ3) is 2.85. The van der Waals surface area contributed by atoms with Crippen molar-refractivity contribution in [3.8, 4) is 0 Å². The maximum absolute atomic E-state index is 13.1. The zero-order valence-corrected chi connectivity index (χ0v) is 14.5. The fourth-order valence-corrected chi connectivity index (χ4v) is 4.81. The Bertz CT molecular complexity index is 622. The Morgan fingerprint density at radius 2 is 1.91 bits per heavy atom. The molecule has 0 spiro atoms. The van der Waals surface area contributed by atoms with E-state index in [2.05, 4.69) is 0 Å². The van der Waals surface area contributed by atoms with Gasteiger partial charge in [0.15, 0.2) is 0 Å². The van der Waals surface area contributed by atoms with Crippen LogP contribution in [-0.4, -0.2) is 49.1 Å². The van der Waals surface area contributed by atoms with Crippen LogP contribution in [0.1, 0.15) is 13.8 Å². The van der Waals surface area contributed by atoms with Crippen LogP contribution in [0.2, 0.25) is 0 Å². The van der Waals surface area contributed by atoms with Gasteiger partial charge < -0.3 is 14.5 Å². The topological polar surface area (TPSA) is 49.9 Å². The van der Waals surface area contributed by atoms with Crippen molar-refractivity contribution in [3.63, 3.8) is 0 Å². The van der Waals surface area contributed by atoms with Crippen LogP contribution in [0, 0.1) is 5.92 Å². The van der Waals surface area contributed by atoms with E-state index >= 15 is 0 Å². The van der Waals surface area contributed by atoms with Crippen molar-refractivity contribution < 1.29 is 14.3 Å². The van der Waals surface area contributed by atoms with Crippen molar-refractivity contribution in [3.05, 3.63) is 24.3 Å². The summed E-state index contributed by atoms with van der Waals surface area (Å²) < 4.78 is 5.48. The monoisotopic (exact) mass is 334 g/mol. The second kappa shape index (κ2) is 6.53. The summed E-state index contributed by atoms with van der Waals surface area (Å²) in [5, 5.41) is 0. The molecule has 0 bridgehead atoms. The Morgan fingerprint density at radius 1 is 1.22 bits per heavy atom. The number of hydrogen-bond acceptors (Lipinski definition) is 4. The lowest BCUT2D eigenvalue weighted by Crippen LogP contribution is -2.53. The Labute approximate surface area is 141 Å². The highest BCUT2D eigenvalue weighted by atomic mass is 32.2. The van der Waals surface area contributed by atoms with E-state index in [1.807, 2.05) is 36.1 Å². The molecular formula is C17H22N2O3S. The normalized spacial score (nSPS) is 27.0. The maximum Gasteiger partial charge on any atom is 0.233 e. The number of para-hydroxylation sites is 2. The van der Waals surface area contributed by atoms with Gasteiger partial charge in [0.05, 0.1) is 29.4 Å². The molecule has 0 aliphatic carbocycles. The molecule has 0 radical (unpaired) electrons. The van der Waals surface area contributed by atoms with Crippen molar-refractivity contribution in [2.45, 2.75) is 26.0 Å². The van der Waals surface area contributed by atoms with Gasteiger partial charge in [-0.3, -0.25) is 9.59 Å². The summed E-state index contributed by atoms with van der Waals surface area (Å²) in [5.74, 6) is 1.64. The molecule has 2 aliphatic heterocycles. The summed E-state index contributed by atoms with van der Waals surface area (Å²) >= 11 is 1.76. The first-order chi connectivity index (χ1) is 11.0. The highest BCUT2D eigenvalue weighted by molar-refractivity contribution is 7.99. The van der Waals surface area contributed by atoms with Crippen LogP contribution in [0.3, 0.4) is 0 Å².